The van der Waals surface area contributed by atoms with E-state index in [0.29, 0.717) is 0 Å². The summed E-state index contributed by atoms with van der Waals surface area (Å²) in [6.07, 6.45) is 12.3. The SMILES string of the molecule is CC.CC(CCc1ccncc1)CCc1ccncc1. The van der Waals surface area contributed by atoms with Crippen molar-refractivity contribution in [1.82, 2.24) is 9.97 Å². The topological polar surface area (TPSA) is 25.8 Å². The van der Waals surface area contributed by atoms with Crippen LogP contribution in [0.25, 0.3) is 0 Å². The molecule has 0 radical (unpaired) electrons. The van der Waals surface area contributed by atoms with Gasteiger partial charge in [-0.3, -0.25) is 9.97 Å². The van der Waals surface area contributed by atoms with Crippen molar-refractivity contribution in [1.29, 1.82) is 0 Å². The van der Waals surface area contributed by atoms with Gasteiger partial charge in [0.05, 0.1) is 0 Å². The molecule has 0 aliphatic carbocycles. The van der Waals surface area contributed by atoms with Crippen LogP contribution in [0.2, 0.25) is 0 Å². The second-order valence-corrected chi connectivity index (χ2v) is 4.89. The van der Waals surface area contributed by atoms with Gasteiger partial charge in [0, 0.05) is 24.8 Å². The zero-order valence-electron chi connectivity index (χ0n) is 12.9. The molecule has 0 aliphatic heterocycles. The van der Waals surface area contributed by atoms with Gasteiger partial charge in [-0.15, -0.1) is 0 Å². The molecule has 108 valence electrons. The van der Waals surface area contributed by atoms with E-state index in [1.807, 2.05) is 38.6 Å². The minimum atomic E-state index is 0.756. The molecule has 0 saturated carbocycles. The van der Waals surface area contributed by atoms with Gasteiger partial charge in [-0.25, -0.2) is 0 Å². The zero-order chi connectivity index (χ0) is 14.6. The van der Waals surface area contributed by atoms with Gasteiger partial charge >= 0.3 is 0 Å². The van der Waals surface area contributed by atoms with Gasteiger partial charge in [-0.1, -0.05) is 20.8 Å². The highest BCUT2D eigenvalue weighted by Crippen LogP contribution is 2.15. The van der Waals surface area contributed by atoms with Gasteiger partial charge in [0.15, 0.2) is 0 Å². The Balaban J connectivity index is 0.000000956. The van der Waals surface area contributed by atoms with Crippen LogP contribution in [0, 0.1) is 5.92 Å². The Hall–Kier alpha value is -1.70. The Morgan fingerprint density at radius 2 is 1.10 bits per heavy atom. The molecule has 2 heteroatoms. The molecular weight excluding hydrogens is 244 g/mol. The minimum Gasteiger partial charge on any atom is -0.265 e. The molecule has 0 bridgehead atoms. The summed E-state index contributed by atoms with van der Waals surface area (Å²) >= 11 is 0. The molecule has 0 N–H and O–H groups in total. The van der Waals surface area contributed by atoms with Gasteiger partial charge < -0.3 is 0 Å². The highest BCUT2D eigenvalue weighted by atomic mass is 14.6. The number of nitrogens with zero attached hydrogens (tertiary/aromatic N) is 2. The fourth-order valence-electron chi connectivity index (χ4n) is 2.07. The average Bonchev–Trinajstić information content (AvgIpc) is 2.55. The maximum Gasteiger partial charge on any atom is 0.0270 e. The normalized spacial score (nSPS) is 10.0. The van der Waals surface area contributed by atoms with Crippen molar-refractivity contribution in [2.45, 2.75) is 46.5 Å². The molecule has 0 saturated heterocycles. The van der Waals surface area contributed by atoms with Crippen LogP contribution in [0.5, 0.6) is 0 Å². The van der Waals surface area contributed by atoms with E-state index in [0.717, 1.165) is 18.8 Å². The van der Waals surface area contributed by atoms with Crippen molar-refractivity contribution in [3.8, 4) is 0 Å². The van der Waals surface area contributed by atoms with Crippen LogP contribution < -0.4 is 0 Å². The van der Waals surface area contributed by atoms with Crippen molar-refractivity contribution in [3.05, 3.63) is 60.2 Å². The van der Waals surface area contributed by atoms with E-state index in [2.05, 4.69) is 41.2 Å². The average molecular weight is 270 g/mol. The number of aromatic nitrogens is 2. The Morgan fingerprint density at radius 3 is 1.45 bits per heavy atom. The molecule has 0 aromatic carbocycles. The van der Waals surface area contributed by atoms with Crippen LogP contribution in [0.3, 0.4) is 0 Å². The highest BCUT2D eigenvalue weighted by molar-refractivity contribution is 5.10. The van der Waals surface area contributed by atoms with E-state index in [9.17, 15) is 0 Å². The summed E-state index contributed by atoms with van der Waals surface area (Å²) in [6, 6.07) is 8.43. The minimum absolute atomic E-state index is 0.756. The monoisotopic (exact) mass is 270 g/mol. The summed E-state index contributed by atoms with van der Waals surface area (Å²) in [4.78, 5) is 8.09. The molecule has 2 aromatic heterocycles. The number of aryl methyl sites for hydroxylation is 2. The lowest BCUT2D eigenvalue weighted by molar-refractivity contribution is 0.493. The summed E-state index contributed by atoms with van der Waals surface area (Å²) < 4.78 is 0. The lowest BCUT2D eigenvalue weighted by Crippen LogP contribution is -2.00. The van der Waals surface area contributed by atoms with E-state index >= 15 is 0 Å². The van der Waals surface area contributed by atoms with E-state index < -0.39 is 0 Å². The summed E-state index contributed by atoms with van der Waals surface area (Å²) in [5.41, 5.74) is 2.78. The lowest BCUT2D eigenvalue weighted by Gasteiger charge is -2.11. The first-order chi connectivity index (χ1) is 9.84. The molecule has 0 atom stereocenters. The zero-order valence-corrected chi connectivity index (χ0v) is 12.9. The molecule has 2 rings (SSSR count). The molecule has 0 spiro atoms. The van der Waals surface area contributed by atoms with E-state index in [-0.39, 0.29) is 0 Å². The summed E-state index contributed by atoms with van der Waals surface area (Å²) in [7, 11) is 0. The molecule has 20 heavy (non-hydrogen) atoms. The molecule has 0 amide bonds. The molecule has 2 aromatic rings. The molecule has 2 heterocycles. The fourth-order valence-corrected chi connectivity index (χ4v) is 2.07. The number of rotatable bonds is 6. The Kier molecular flexibility index (Phi) is 8.28. The third-order valence-electron chi connectivity index (χ3n) is 3.35. The van der Waals surface area contributed by atoms with Gasteiger partial charge in [-0.2, -0.15) is 0 Å². The second-order valence-electron chi connectivity index (χ2n) is 4.89. The van der Waals surface area contributed by atoms with Crippen molar-refractivity contribution in [2.24, 2.45) is 5.92 Å². The predicted molar refractivity (Wildman–Crippen MR) is 85.6 cm³/mol. The molecule has 0 aliphatic rings. The molecule has 0 fully saturated rings. The smallest absolute Gasteiger partial charge is 0.0270 e. The Bertz CT molecular complexity index is 396. The fraction of sp³-hybridized carbons (Fsp3) is 0.444. The number of hydrogen-bond donors (Lipinski definition) is 0. The van der Waals surface area contributed by atoms with Crippen molar-refractivity contribution in [3.63, 3.8) is 0 Å². The van der Waals surface area contributed by atoms with Crippen LogP contribution in [-0.4, -0.2) is 9.97 Å². The molecule has 2 nitrogen and oxygen atoms in total. The first kappa shape index (κ1) is 16.4. The van der Waals surface area contributed by atoms with Crippen molar-refractivity contribution >= 4 is 0 Å². The van der Waals surface area contributed by atoms with Crippen LogP contribution in [-0.2, 0) is 12.8 Å². The van der Waals surface area contributed by atoms with Gasteiger partial charge in [0.1, 0.15) is 0 Å². The third kappa shape index (κ3) is 6.46. The summed E-state index contributed by atoms with van der Waals surface area (Å²) in [5.74, 6) is 0.756. The Labute approximate surface area is 123 Å². The molecular formula is C18H26N2. The van der Waals surface area contributed by atoms with Crippen molar-refractivity contribution < 1.29 is 0 Å². The van der Waals surface area contributed by atoms with Gasteiger partial charge in [0.25, 0.3) is 0 Å². The first-order valence-electron chi connectivity index (χ1n) is 7.62. The standard InChI is InChI=1S/C16H20N2.C2H6/c1-14(2-4-15-6-10-17-11-7-15)3-5-16-8-12-18-13-9-16;1-2/h6-14H,2-5H2,1H3;1-2H3. The van der Waals surface area contributed by atoms with E-state index in [4.69, 9.17) is 0 Å². The third-order valence-corrected chi connectivity index (χ3v) is 3.35. The highest BCUT2D eigenvalue weighted by Gasteiger charge is 2.03. The van der Waals surface area contributed by atoms with Crippen LogP contribution in [0.1, 0.15) is 44.7 Å². The second kappa shape index (κ2) is 10.1. The van der Waals surface area contributed by atoms with Crippen LogP contribution >= 0.6 is 0 Å². The van der Waals surface area contributed by atoms with Crippen molar-refractivity contribution in [2.75, 3.05) is 0 Å². The predicted octanol–water partition coefficient (Wildman–Crippen LogP) is 4.70. The number of pyridine rings is 2. The first-order valence-corrected chi connectivity index (χ1v) is 7.62. The van der Waals surface area contributed by atoms with Gasteiger partial charge in [-0.05, 0) is 67.0 Å². The maximum absolute atomic E-state index is 4.04. The summed E-state index contributed by atoms with van der Waals surface area (Å²) in [6.45, 7) is 6.34. The van der Waals surface area contributed by atoms with E-state index in [1.165, 1.54) is 24.0 Å². The number of hydrogen-bond acceptors (Lipinski definition) is 2. The quantitative estimate of drug-likeness (QED) is 0.760. The largest absolute Gasteiger partial charge is 0.265 e. The molecule has 0 unspecified atom stereocenters. The lowest BCUT2D eigenvalue weighted by atomic mass is 9.95. The summed E-state index contributed by atoms with van der Waals surface area (Å²) in [5, 5.41) is 0. The maximum atomic E-state index is 4.04. The van der Waals surface area contributed by atoms with Crippen LogP contribution in [0.4, 0.5) is 0 Å². The van der Waals surface area contributed by atoms with Gasteiger partial charge in [0.2, 0.25) is 0 Å². The van der Waals surface area contributed by atoms with Crippen LogP contribution in [0.15, 0.2) is 49.1 Å². The Morgan fingerprint density at radius 1 is 0.750 bits per heavy atom. The van der Waals surface area contributed by atoms with E-state index in [1.54, 1.807) is 0 Å².